The van der Waals surface area contributed by atoms with E-state index >= 15 is 0 Å². The Morgan fingerprint density at radius 1 is 1.10 bits per heavy atom. The highest BCUT2D eigenvalue weighted by Gasteiger charge is 2.15. The monoisotopic (exact) mass is 303 g/mol. The molecule has 1 aromatic rings. The van der Waals surface area contributed by atoms with E-state index in [1.165, 1.54) is 0 Å². The highest BCUT2D eigenvalue weighted by atomic mass is 19.2. The van der Waals surface area contributed by atoms with Gasteiger partial charge >= 0.3 is 6.03 Å². The summed E-state index contributed by atoms with van der Waals surface area (Å²) < 4.78 is 39.0. The minimum atomic E-state index is -1.67. The molecule has 116 valence electrons. The van der Waals surface area contributed by atoms with Crippen molar-refractivity contribution in [2.45, 2.75) is 19.8 Å². The van der Waals surface area contributed by atoms with E-state index in [0.29, 0.717) is 12.6 Å². The van der Waals surface area contributed by atoms with E-state index in [4.69, 9.17) is 0 Å². The van der Waals surface area contributed by atoms with Crippen LogP contribution in [-0.4, -0.2) is 25.0 Å². The van der Waals surface area contributed by atoms with E-state index < -0.39 is 41.6 Å². The number of hydrogen-bond donors (Lipinski definition) is 3. The number of unbranched alkanes of at least 4 members (excludes halogenated alkanes) is 1. The first-order valence-corrected chi connectivity index (χ1v) is 6.40. The molecule has 3 N–H and O–H groups in total. The Labute approximate surface area is 119 Å². The molecule has 0 fully saturated rings. The third-order valence-electron chi connectivity index (χ3n) is 2.53. The summed E-state index contributed by atoms with van der Waals surface area (Å²) >= 11 is 0. The van der Waals surface area contributed by atoms with Crippen molar-refractivity contribution in [3.63, 3.8) is 0 Å². The van der Waals surface area contributed by atoms with Crippen LogP contribution in [0.15, 0.2) is 12.1 Å². The van der Waals surface area contributed by atoms with E-state index in [1.807, 2.05) is 12.2 Å². The molecule has 0 aliphatic carbocycles. The van der Waals surface area contributed by atoms with Crippen LogP contribution in [0, 0.1) is 17.5 Å². The molecular weight excluding hydrogens is 287 g/mol. The molecule has 0 aliphatic rings. The van der Waals surface area contributed by atoms with Crippen LogP contribution in [-0.2, 0) is 4.79 Å². The third-order valence-corrected chi connectivity index (χ3v) is 2.53. The molecule has 0 heterocycles. The lowest BCUT2D eigenvalue weighted by atomic mass is 10.2. The minimum Gasteiger partial charge on any atom is -0.338 e. The maximum absolute atomic E-state index is 13.3. The number of urea groups is 1. The fourth-order valence-corrected chi connectivity index (χ4v) is 1.42. The van der Waals surface area contributed by atoms with Gasteiger partial charge in [0.05, 0.1) is 12.2 Å². The Hall–Kier alpha value is -2.25. The quantitative estimate of drug-likeness (QED) is 0.556. The lowest BCUT2D eigenvalue weighted by Crippen LogP contribution is -2.40. The molecule has 0 aromatic heterocycles. The molecule has 0 radical (unpaired) electrons. The van der Waals surface area contributed by atoms with E-state index in [-0.39, 0.29) is 0 Å². The number of nitrogens with one attached hydrogen (secondary N) is 3. The molecule has 0 spiro atoms. The fourth-order valence-electron chi connectivity index (χ4n) is 1.42. The van der Waals surface area contributed by atoms with Gasteiger partial charge in [-0.2, -0.15) is 0 Å². The first-order chi connectivity index (χ1) is 9.95. The van der Waals surface area contributed by atoms with Gasteiger partial charge in [0, 0.05) is 6.54 Å². The standard InChI is InChI=1S/C13H16F3N3O2/c1-2-3-6-17-13(21)18-7-10(20)19-9-5-4-8(14)11(15)12(9)16/h4-5H,2-3,6-7H2,1H3,(H,19,20)(H2,17,18,21). The van der Waals surface area contributed by atoms with Crippen molar-refractivity contribution in [2.24, 2.45) is 0 Å². The van der Waals surface area contributed by atoms with Gasteiger partial charge < -0.3 is 16.0 Å². The lowest BCUT2D eigenvalue weighted by molar-refractivity contribution is -0.115. The first-order valence-electron chi connectivity index (χ1n) is 6.40. The van der Waals surface area contributed by atoms with Crippen molar-refractivity contribution in [3.8, 4) is 0 Å². The largest absolute Gasteiger partial charge is 0.338 e. The van der Waals surface area contributed by atoms with E-state index in [9.17, 15) is 22.8 Å². The summed E-state index contributed by atoms with van der Waals surface area (Å²) in [6, 6.07) is 1.05. The summed E-state index contributed by atoms with van der Waals surface area (Å²) in [4.78, 5) is 22.7. The second-order valence-electron chi connectivity index (χ2n) is 4.23. The van der Waals surface area contributed by atoms with Crippen molar-refractivity contribution in [2.75, 3.05) is 18.4 Å². The number of rotatable bonds is 6. The average molecular weight is 303 g/mol. The number of halogens is 3. The summed E-state index contributed by atoms with van der Waals surface area (Å²) in [5, 5.41) is 6.81. The van der Waals surface area contributed by atoms with Gasteiger partial charge in [0.15, 0.2) is 17.5 Å². The van der Waals surface area contributed by atoms with Gasteiger partial charge in [-0.25, -0.2) is 18.0 Å². The molecule has 0 aliphatic heterocycles. The molecule has 8 heteroatoms. The second kappa shape index (κ2) is 8.13. The molecule has 1 rings (SSSR count). The van der Waals surface area contributed by atoms with Gasteiger partial charge in [-0.15, -0.1) is 0 Å². The van der Waals surface area contributed by atoms with Crippen LogP contribution in [0.25, 0.3) is 0 Å². The Balaban J connectivity index is 2.44. The zero-order valence-electron chi connectivity index (χ0n) is 11.4. The van der Waals surface area contributed by atoms with Crippen molar-refractivity contribution >= 4 is 17.6 Å². The molecule has 0 atom stereocenters. The van der Waals surface area contributed by atoms with Gasteiger partial charge in [0.25, 0.3) is 0 Å². The number of anilines is 1. The maximum Gasteiger partial charge on any atom is 0.315 e. The summed E-state index contributed by atoms with van der Waals surface area (Å²) in [7, 11) is 0. The highest BCUT2D eigenvalue weighted by molar-refractivity contribution is 5.94. The summed E-state index contributed by atoms with van der Waals surface area (Å²) in [5.74, 6) is -5.27. The second-order valence-corrected chi connectivity index (χ2v) is 4.23. The summed E-state index contributed by atoms with van der Waals surface area (Å²) in [6.07, 6.45) is 1.72. The molecule has 0 unspecified atom stereocenters. The lowest BCUT2D eigenvalue weighted by Gasteiger charge is -2.09. The highest BCUT2D eigenvalue weighted by Crippen LogP contribution is 2.19. The Morgan fingerprint density at radius 2 is 1.81 bits per heavy atom. The Kier molecular flexibility index (Phi) is 6.51. The van der Waals surface area contributed by atoms with E-state index in [2.05, 4.69) is 10.6 Å². The van der Waals surface area contributed by atoms with Crippen LogP contribution in [0.1, 0.15) is 19.8 Å². The van der Waals surface area contributed by atoms with Crippen LogP contribution >= 0.6 is 0 Å². The third kappa shape index (κ3) is 5.33. The molecule has 21 heavy (non-hydrogen) atoms. The zero-order valence-corrected chi connectivity index (χ0v) is 11.4. The number of carbonyl (C=O) groups is 2. The molecule has 0 bridgehead atoms. The smallest absolute Gasteiger partial charge is 0.315 e. The molecule has 3 amide bonds. The first kappa shape index (κ1) is 16.8. The number of hydrogen-bond acceptors (Lipinski definition) is 2. The SMILES string of the molecule is CCCCNC(=O)NCC(=O)Nc1ccc(F)c(F)c1F. The molecule has 0 saturated heterocycles. The topological polar surface area (TPSA) is 70.2 Å². The van der Waals surface area contributed by atoms with Gasteiger partial charge in [-0.05, 0) is 18.6 Å². The maximum atomic E-state index is 13.3. The van der Waals surface area contributed by atoms with Crippen molar-refractivity contribution in [1.82, 2.24) is 10.6 Å². The van der Waals surface area contributed by atoms with Crippen LogP contribution < -0.4 is 16.0 Å². The normalized spacial score (nSPS) is 10.1. The number of benzene rings is 1. The van der Waals surface area contributed by atoms with Crippen LogP contribution in [0.5, 0.6) is 0 Å². The van der Waals surface area contributed by atoms with Crippen LogP contribution in [0.3, 0.4) is 0 Å². The van der Waals surface area contributed by atoms with Crippen molar-refractivity contribution < 1.29 is 22.8 Å². The van der Waals surface area contributed by atoms with Gasteiger partial charge in [-0.3, -0.25) is 4.79 Å². The van der Waals surface area contributed by atoms with E-state index in [0.717, 1.165) is 18.9 Å². The number of amides is 3. The average Bonchev–Trinajstić information content (AvgIpc) is 2.46. The Bertz CT molecular complexity index is 524. The Morgan fingerprint density at radius 3 is 2.48 bits per heavy atom. The van der Waals surface area contributed by atoms with Crippen molar-refractivity contribution in [1.29, 1.82) is 0 Å². The summed E-state index contributed by atoms with van der Waals surface area (Å²) in [6.45, 7) is 2.02. The molecule has 1 aromatic carbocycles. The minimum absolute atomic E-state index is 0.420. The summed E-state index contributed by atoms with van der Waals surface area (Å²) in [5.41, 5.74) is -0.493. The van der Waals surface area contributed by atoms with Gasteiger partial charge in [-0.1, -0.05) is 13.3 Å². The van der Waals surface area contributed by atoms with Gasteiger partial charge in [0.1, 0.15) is 0 Å². The number of carbonyl (C=O) groups excluding carboxylic acids is 2. The zero-order chi connectivity index (χ0) is 15.8. The predicted octanol–water partition coefficient (Wildman–Crippen LogP) is 2.14. The predicted molar refractivity (Wildman–Crippen MR) is 71.3 cm³/mol. The molecule has 0 saturated carbocycles. The van der Waals surface area contributed by atoms with E-state index in [1.54, 1.807) is 0 Å². The molecular formula is C13H16F3N3O2. The van der Waals surface area contributed by atoms with Crippen LogP contribution in [0.4, 0.5) is 23.7 Å². The van der Waals surface area contributed by atoms with Crippen LogP contribution in [0.2, 0.25) is 0 Å². The fraction of sp³-hybridized carbons (Fsp3) is 0.385. The van der Waals surface area contributed by atoms with Gasteiger partial charge in [0.2, 0.25) is 5.91 Å². The molecule has 5 nitrogen and oxygen atoms in total. The van der Waals surface area contributed by atoms with Crippen molar-refractivity contribution in [3.05, 3.63) is 29.6 Å².